The molecule has 3 aliphatic rings. The first-order valence-corrected chi connectivity index (χ1v) is 15.0. The van der Waals surface area contributed by atoms with Crippen LogP contribution in [0.25, 0.3) is 16.8 Å². The first kappa shape index (κ1) is 26.8. The van der Waals surface area contributed by atoms with E-state index in [4.69, 9.17) is 5.26 Å². The lowest BCUT2D eigenvalue weighted by Crippen LogP contribution is -2.40. The maximum atomic E-state index is 11.8. The molecule has 1 amide bonds. The molecule has 2 aliphatic carbocycles. The molecule has 0 unspecified atom stereocenters. The lowest BCUT2D eigenvalue weighted by Gasteiger charge is -2.28. The zero-order valence-electron chi connectivity index (χ0n) is 21.8. The molecule has 0 bridgehead atoms. The van der Waals surface area contributed by atoms with Crippen molar-refractivity contribution in [3.8, 4) is 22.9 Å². The van der Waals surface area contributed by atoms with Crippen molar-refractivity contribution in [1.29, 1.82) is 5.26 Å². The monoisotopic (exact) mass is 547 g/mol. The van der Waals surface area contributed by atoms with E-state index in [0.29, 0.717) is 5.69 Å². The number of carbonyl (C=O) groups is 1. The zero-order valence-corrected chi connectivity index (χ0v) is 22.7. The number of nitrogens with zero attached hydrogens (tertiary/aromatic N) is 5. The third-order valence-corrected chi connectivity index (χ3v) is 8.83. The average Bonchev–Trinajstić information content (AvgIpc) is 3.58. The van der Waals surface area contributed by atoms with Crippen LogP contribution in [0.4, 0.5) is 5.69 Å². The van der Waals surface area contributed by atoms with E-state index in [-0.39, 0.29) is 17.5 Å². The normalized spacial score (nSPS) is 18.9. The van der Waals surface area contributed by atoms with Gasteiger partial charge in [0.15, 0.2) is 0 Å². The van der Waals surface area contributed by atoms with E-state index in [1.54, 1.807) is 17.1 Å². The van der Waals surface area contributed by atoms with Gasteiger partial charge in [-0.3, -0.25) is 9.00 Å². The van der Waals surface area contributed by atoms with Crippen molar-refractivity contribution in [2.75, 3.05) is 29.5 Å². The number of carbonyl (C=O) groups excluding carboxylic acids is 1. The van der Waals surface area contributed by atoms with Crippen LogP contribution in [0, 0.1) is 17.2 Å². The fourth-order valence-corrected chi connectivity index (χ4v) is 5.98. The van der Waals surface area contributed by atoms with Crippen LogP contribution in [0.15, 0.2) is 53.8 Å². The SMILES string of the molecule is N#CC1(NC(=O)C2CCCCC2)CC1.O=c1ncc(-n2cc(-c3ccc(N4CCS(=O)CC4)cc3)cn2)c[nH]1. The minimum atomic E-state index is -0.666. The van der Waals surface area contributed by atoms with E-state index in [1.165, 1.54) is 12.6 Å². The molecule has 3 fully saturated rings. The minimum absolute atomic E-state index is 0.115. The number of nitriles is 1. The highest BCUT2D eigenvalue weighted by atomic mass is 32.2. The quantitative estimate of drug-likeness (QED) is 0.501. The Kier molecular flexibility index (Phi) is 8.21. The van der Waals surface area contributed by atoms with E-state index in [2.05, 4.69) is 55.6 Å². The van der Waals surface area contributed by atoms with Crippen LogP contribution in [0.3, 0.4) is 0 Å². The molecule has 11 heteroatoms. The van der Waals surface area contributed by atoms with Gasteiger partial charge in [-0.2, -0.15) is 15.3 Å². The van der Waals surface area contributed by atoms with E-state index < -0.39 is 16.3 Å². The summed E-state index contributed by atoms with van der Waals surface area (Å²) in [6.07, 6.45) is 14.0. The Hall–Kier alpha value is -3.78. The number of H-pyrrole nitrogens is 1. The molecule has 2 N–H and O–H groups in total. The summed E-state index contributed by atoms with van der Waals surface area (Å²) in [5.41, 5.74) is 3.04. The molecular weight excluding hydrogens is 514 g/mol. The molecular formula is C28H33N7O3S. The van der Waals surface area contributed by atoms with Crippen molar-refractivity contribution >= 4 is 22.4 Å². The van der Waals surface area contributed by atoms with Crippen molar-refractivity contribution in [1.82, 2.24) is 25.1 Å². The first-order chi connectivity index (χ1) is 18.9. The Labute approximate surface area is 229 Å². The van der Waals surface area contributed by atoms with Crippen molar-refractivity contribution in [2.45, 2.75) is 50.5 Å². The Morgan fingerprint density at radius 3 is 2.38 bits per heavy atom. The number of rotatable bonds is 5. The van der Waals surface area contributed by atoms with Gasteiger partial charge < -0.3 is 15.2 Å². The summed E-state index contributed by atoms with van der Waals surface area (Å²) in [6.45, 7) is 1.67. The molecule has 6 rings (SSSR count). The van der Waals surface area contributed by atoms with Gasteiger partial charge >= 0.3 is 5.69 Å². The minimum Gasteiger partial charge on any atom is -0.370 e. The molecule has 0 radical (unpaired) electrons. The maximum absolute atomic E-state index is 11.8. The lowest BCUT2D eigenvalue weighted by atomic mass is 9.88. The van der Waals surface area contributed by atoms with Crippen molar-refractivity contribution in [3.05, 3.63) is 59.5 Å². The van der Waals surface area contributed by atoms with Crippen molar-refractivity contribution in [2.24, 2.45) is 5.92 Å². The zero-order chi connectivity index (χ0) is 27.2. The van der Waals surface area contributed by atoms with E-state index in [0.717, 1.165) is 79.9 Å². The number of benzene rings is 1. The number of aromatic nitrogens is 4. The van der Waals surface area contributed by atoms with Gasteiger partial charge in [0.05, 0.1) is 24.2 Å². The summed E-state index contributed by atoms with van der Waals surface area (Å²) in [5.74, 6) is 1.77. The fourth-order valence-electron chi connectivity index (χ4n) is 4.93. The van der Waals surface area contributed by atoms with Crippen LogP contribution in [-0.4, -0.2) is 60.0 Å². The third kappa shape index (κ3) is 6.81. The number of hydrogen-bond donors (Lipinski definition) is 2. The number of anilines is 1. The number of aromatic amines is 1. The molecule has 2 aromatic heterocycles. The molecule has 0 atom stereocenters. The smallest absolute Gasteiger partial charge is 0.345 e. The molecule has 1 saturated heterocycles. The van der Waals surface area contributed by atoms with Gasteiger partial charge in [0.25, 0.3) is 0 Å². The number of nitrogens with one attached hydrogen (secondary N) is 2. The maximum Gasteiger partial charge on any atom is 0.345 e. The van der Waals surface area contributed by atoms with Gasteiger partial charge in [-0.1, -0.05) is 31.4 Å². The highest BCUT2D eigenvalue weighted by molar-refractivity contribution is 7.85. The molecule has 39 heavy (non-hydrogen) atoms. The highest BCUT2D eigenvalue weighted by Gasteiger charge is 2.45. The predicted octanol–water partition coefficient (Wildman–Crippen LogP) is 2.93. The van der Waals surface area contributed by atoms with Crippen molar-refractivity contribution in [3.63, 3.8) is 0 Å². The van der Waals surface area contributed by atoms with Crippen LogP contribution < -0.4 is 15.9 Å². The van der Waals surface area contributed by atoms with Gasteiger partial charge in [-0.05, 0) is 43.4 Å². The lowest BCUT2D eigenvalue weighted by molar-refractivity contribution is -0.126. The molecule has 10 nitrogen and oxygen atoms in total. The molecule has 2 saturated carbocycles. The van der Waals surface area contributed by atoms with Crippen LogP contribution in [0.5, 0.6) is 0 Å². The van der Waals surface area contributed by atoms with Gasteiger partial charge in [0, 0.05) is 65.0 Å². The van der Waals surface area contributed by atoms with Gasteiger partial charge in [0.2, 0.25) is 5.91 Å². The summed E-state index contributed by atoms with van der Waals surface area (Å²) in [7, 11) is -0.666. The molecule has 1 aromatic carbocycles. The predicted molar refractivity (Wildman–Crippen MR) is 150 cm³/mol. The van der Waals surface area contributed by atoms with Crippen LogP contribution in [-0.2, 0) is 15.6 Å². The van der Waals surface area contributed by atoms with E-state index in [1.807, 2.05) is 6.20 Å². The first-order valence-electron chi connectivity index (χ1n) is 13.5. The average molecular weight is 548 g/mol. The summed E-state index contributed by atoms with van der Waals surface area (Å²) in [4.78, 5) is 31.3. The van der Waals surface area contributed by atoms with Crippen molar-refractivity contribution < 1.29 is 9.00 Å². The Balaban J connectivity index is 0.000000186. The van der Waals surface area contributed by atoms with E-state index in [9.17, 15) is 13.8 Å². The van der Waals surface area contributed by atoms with Crippen LogP contribution in [0.1, 0.15) is 44.9 Å². The molecule has 3 aromatic rings. The molecule has 3 heterocycles. The van der Waals surface area contributed by atoms with Gasteiger partial charge in [-0.15, -0.1) is 0 Å². The van der Waals surface area contributed by atoms with Crippen LogP contribution in [0.2, 0.25) is 0 Å². The standard InChI is InChI=1S/C17H17N5O2S.C11H16N2O/c23-17-18-10-16(11-19-17)22-12-14(9-20-22)13-1-3-15(4-2-13)21-5-7-25(24)8-6-21;12-8-11(6-7-11)13-10(14)9-4-2-1-3-5-9/h1-4,9-12H,5-8H2,(H,18,19,23);9H,1-7H2,(H,13,14). The van der Waals surface area contributed by atoms with Gasteiger partial charge in [-0.25, -0.2) is 9.48 Å². The van der Waals surface area contributed by atoms with Crippen LogP contribution >= 0.6 is 0 Å². The molecule has 0 spiro atoms. The Morgan fingerprint density at radius 1 is 1.05 bits per heavy atom. The molecule has 1 aliphatic heterocycles. The molecule has 204 valence electrons. The highest BCUT2D eigenvalue weighted by Crippen LogP contribution is 2.35. The fraction of sp³-hybridized carbons (Fsp3) is 0.464. The number of hydrogen-bond acceptors (Lipinski definition) is 7. The summed E-state index contributed by atoms with van der Waals surface area (Å²) < 4.78 is 13.1. The second kappa shape index (κ2) is 11.9. The topological polar surface area (TPSA) is 137 Å². The Bertz CT molecular complexity index is 1390. The summed E-state index contributed by atoms with van der Waals surface area (Å²) in [5, 5.41) is 16.0. The Morgan fingerprint density at radius 2 is 1.77 bits per heavy atom. The summed E-state index contributed by atoms with van der Waals surface area (Å²) >= 11 is 0. The largest absolute Gasteiger partial charge is 0.370 e. The third-order valence-electron chi connectivity index (χ3n) is 7.55. The number of amides is 1. The second-order valence-corrected chi connectivity index (χ2v) is 12.0. The van der Waals surface area contributed by atoms with Gasteiger partial charge in [0.1, 0.15) is 5.54 Å². The van der Waals surface area contributed by atoms with E-state index >= 15 is 0 Å². The second-order valence-electron chi connectivity index (χ2n) is 10.4. The summed E-state index contributed by atoms with van der Waals surface area (Å²) in [6, 6.07) is 10.5.